The summed E-state index contributed by atoms with van der Waals surface area (Å²) in [5.74, 6) is -1.99. The van der Waals surface area contributed by atoms with Gasteiger partial charge in [-0.1, -0.05) is 127 Å². The first-order valence-corrected chi connectivity index (χ1v) is 26.0. The largest absolute Gasteiger partial charge is 0.530 e. The Labute approximate surface area is 405 Å². The molecule has 2 aliphatic heterocycles. The van der Waals surface area contributed by atoms with Crippen molar-refractivity contribution in [1.29, 1.82) is 10.5 Å². The zero-order valence-electron chi connectivity index (χ0n) is 39.6. The minimum Gasteiger partial charge on any atom is -0.493 e. The zero-order valence-corrected chi connectivity index (χ0v) is 41.3. The SMILES string of the molecule is CCCCCCCCCCCCCCCCCCOCC(COc1cc(F)cc(C#N)c1)COP(=O)(OC[C@@]1(C#N)O[C@@H](c2ccc3c(N)ncnn23)[C@@H]2OC(C)(C)O[C@@H]21)Oc1ccccc1Cl. The molecule has 2 aromatic heterocycles. The molecule has 0 aliphatic carbocycles. The van der Waals surface area contributed by atoms with Gasteiger partial charge in [0.05, 0.1) is 42.2 Å². The van der Waals surface area contributed by atoms with Gasteiger partial charge in [-0.3, -0.25) is 9.05 Å². The third kappa shape index (κ3) is 15.1. The summed E-state index contributed by atoms with van der Waals surface area (Å²) in [5, 5.41) is 24.8. The molecule has 2 N–H and O–H groups in total. The number of benzene rings is 2. The minimum absolute atomic E-state index is 0.00135. The van der Waals surface area contributed by atoms with Crippen LogP contribution in [0.5, 0.6) is 11.5 Å². The summed E-state index contributed by atoms with van der Waals surface area (Å²) in [6.45, 7) is 5.25. The number of hydrogen-bond donors (Lipinski definition) is 1. The molecule has 370 valence electrons. The molecule has 15 nitrogen and oxygen atoms in total. The lowest BCUT2D eigenvalue weighted by Gasteiger charge is -2.30. The number of nitrogens with zero attached hydrogens (tertiary/aromatic N) is 5. The smallest absolute Gasteiger partial charge is 0.493 e. The molecule has 0 saturated carbocycles. The molecule has 18 heteroatoms. The number of ether oxygens (including phenoxy) is 5. The highest BCUT2D eigenvalue weighted by atomic mass is 35.5. The Morgan fingerprint density at radius 2 is 1.54 bits per heavy atom. The Bertz CT molecular complexity index is 2340. The van der Waals surface area contributed by atoms with Crippen LogP contribution in [0.15, 0.2) is 60.9 Å². The van der Waals surface area contributed by atoms with E-state index in [0.29, 0.717) is 17.8 Å². The van der Waals surface area contributed by atoms with Crippen molar-refractivity contribution in [2.24, 2.45) is 5.92 Å². The summed E-state index contributed by atoms with van der Waals surface area (Å²) in [4.78, 5) is 4.07. The van der Waals surface area contributed by atoms with Crippen LogP contribution >= 0.6 is 19.4 Å². The second-order valence-electron chi connectivity index (χ2n) is 18.1. The number of hydrogen-bond acceptors (Lipinski definition) is 14. The Morgan fingerprint density at radius 1 is 0.868 bits per heavy atom. The van der Waals surface area contributed by atoms with Gasteiger partial charge in [0.15, 0.2) is 11.6 Å². The second kappa shape index (κ2) is 26.0. The standard InChI is InChI=1S/C50H67ClFN6O9P/c1-4-5-6-7-8-9-10-11-12-13-14-15-16-17-18-21-26-60-31-38(32-61-40-28-37(30-53)27-39(52)29-40)33-62-68(59,67-44-23-20-19-22-41(44)51)63-35-50(34-54)47-46(64-49(2,3)66-47)45(65-50)42-24-25-43-48(55)56-36-57-58(42)43/h19-20,22-25,27-29,36,38,45-47H,4-18,21,26,31-33,35H2,1-3H3,(H2,55,56,57)/t38?,45-,46-,47-,50+,68?/m0/s1. The van der Waals surface area contributed by atoms with Crippen molar-refractivity contribution in [3.05, 3.63) is 83.0 Å². The molecule has 2 unspecified atom stereocenters. The predicted octanol–water partition coefficient (Wildman–Crippen LogP) is 12.0. The molecule has 2 fully saturated rings. The molecule has 0 bridgehead atoms. The molecule has 2 aromatic carbocycles. The van der Waals surface area contributed by atoms with E-state index < -0.39 is 55.9 Å². The Kier molecular flexibility index (Phi) is 20.3. The number of halogens is 2. The lowest BCUT2D eigenvalue weighted by Crippen LogP contribution is -2.46. The molecule has 0 spiro atoms. The highest BCUT2D eigenvalue weighted by Crippen LogP contribution is 2.55. The molecule has 6 atom stereocenters. The van der Waals surface area contributed by atoms with E-state index in [9.17, 15) is 19.5 Å². The first kappa shape index (κ1) is 53.0. The van der Waals surface area contributed by atoms with Gasteiger partial charge in [-0.15, -0.1) is 0 Å². The lowest BCUT2D eigenvalue weighted by molar-refractivity contribution is -0.204. The average Bonchev–Trinajstić information content (AvgIpc) is 3.99. The maximum atomic E-state index is 14.9. The van der Waals surface area contributed by atoms with Crippen LogP contribution in [0.4, 0.5) is 10.2 Å². The Balaban J connectivity index is 1.07. The third-order valence-corrected chi connectivity index (χ3v) is 13.8. The van der Waals surface area contributed by atoms with Crippen LogP contribution in [0.25, 0.3) is 5.52 Å². The molecule has 0 radical (unpaired) electrons. The number of aromatic nitrogens is 3. The molecule has 68 heavy (non-hydrogen) atoms. The van der Waals surface area contributed by atoms with Gasteiger partial charge in [0, 0.05) is 18.6 Å². The fourth-order valence-electron chi connectivity index (χ4n) is 8.56. The molecule has 0 amide bonds. The van der Waals surface area contributed by atoms with Crippen molar-refractivity contribution in [1.82, 2.24) is 14.6 Å². The normalized spacial score (nSPS) is 21.0. The number of rotatable bonds is 31. The molecular formula is C50H67ClFN6O9P. The van der Waals surface area contributed by atoms with Crippen molar-refractivity contribution < 1.29 is 46.2 Å². The van der Waals surface area contributed by atoms with E-state index in [4.69, 9.17) is 54.6 Å². The number of nitrogen functional groups attached to an aromatic ring is 1. The molecule has 6 rings (SSSR count). The Hall–Kier alpha value is -4.35. The van der Waals surface area contributed by atoms with Gasteiger partial charge in [-0.25, -0.2) is 18.5 Å². The zero-order chi connectivity index (χ0) is 48.4. The number of phosphoric acid groups is 1. The predicted molar refractivity (Wildman–Crippen MR) is 255 cm³/mol. The number of phosphoric ester groups is 1. The van der Waals surface area contributed by atoms with Crippen molar-refractivity contribution in [2.75, 3.05) is 38.8 Å². The number of nitriles is 2. The van der Waals surface area contributed by atoms with Gasteiger partial charge in [0.2, 0.25) is 5.60 Å². The maximum absolute atomic E-state index is 14.9. The van der Waals surface area contributed by atoms with Gasteiger partial charge in [-0.2, -0.15) is 15.6 Å². The number of unbranched alkanes of at least 4 members (excludes halogenated alkanes) is 15. The lowest BCUT2D eigenvalue weighted by atomic mass is 9.96. The van der Waals surface area contributed by atoms with Crippen LogP contribution in [0.2, 0.25) is 5.02 Å². The maximum Gasteiger partial charge on any atom is 0.530 e. The topological polar surface area (TPSA) is 195 Å². The highest BCUT2D eigenvalue weighted by Gasteiger charge is 2.65. The van der Waals surface area contributed by atoms with Crippen LogP contribution < -0.4 is 15.0 Å². The fourth-order valence-corrected chi connectivity index (χ4v) is 10.1. The first-order valence-electron chi connectivity index (χ1n) is 24.2. The molecule has 2 saturated heterocycles. The van der Waals surface area contributed by atoms with Gasteiger partial charge in [0.1, 0.15) is 60.1 Å². The summed E-state index contributed by atoms with van der Waals surface area (Å²) >= 11 is 6.47. The highest BCUT2D eigenvalue weighted by molar-refractivity contribution is 7.49. The summed E-state index contributed by atoms with van der Waals surface area (Å²) < 4.78 is 80.0. The Morgan fingerprint density at radius 3 is 2.21 bits per heavy atom. The monoisotopic (exact) mass is 980 g/mol. The summed E-state index contributed by atoms with van der Waals surface area (Å²) in [5.41, 5.74) is 5.34. The van der Waals surface area contributed by atoms with Crippen LogP contribution in [-0.4, -0.2) is 71.2 Å². The third-order valence-electron chi connectivity index (χ3n) is 12.2. The van der Waals surface area contributed by atoms with Crippen molar-refractivity contribution in [2.45, 2.75) is 153 Å². The fraction of sp³-hybridized carbons (Fsp3) is 0.600. The van der Waals surface area contributed by atoms with E-state index in [1.165, 1.54) is 108 Å². The van der Waals surface area contributed by atoms with Crippen LogP contribution in [0.1, 0.15) is 141 Å². The van der Waals surface area contributed by atoms with Gasteiger partial charge >= 0.3 is 7.82 Å². The van der Waals surface area contributed by atoms with E-state index in [-0.39, 0.29) is 47.7 Å². The van der Waals surface area contributed by atoms with E-state index in [0.717, 1.165) is 25.3 Å². The number of anilines is 1. The molecular weight excluding hydrogens is 914 g/mol. The van der Waals surface area contributed by atoms with Gasteiger partial charge in [0.25, 0.3) is 0 Å². The van der Waals surface area contributed by atoms with E-state index in [2.05, 4.69) is 23.1 Å². The van der Waals surface area contributed by atoms with Gasteiger partial charge in [-0.05, 0) is 56.7 Å². The van der Waals surface area contributed by atoms with Crippen LogP contribution in [-0.2, 0) is 32.6 Å². The van der Waals surface area contributed by atoms with Crippen LogP contribution in [0, 0.1) is 34.4 Å². The van der Waals surface area contributed by atoms with Crippen molar-refractivity contribution in [3.8, 4) is 23.6 Å². The number of para-hydroxylation sites is 1. The molecule has 2 aliphatic rings. The second-order valence-corrected chi connectivity index (χ2v) is 20.1. The minimum atomic E-state index is -4.69. The van der Waals surface area contributed by atoms with Gasteiger partial charge < -0.3 is 33.9 Å². The number of fused-ring (bicyclic) bond motifs is 2. The van der Waals surface area contributed by atoms with E-state index in [1.54, 1.807) is 48.7 Å². The average molecular weight is 982 g/mol. The number of nitrogens with two attached hydrogens (primary N) is 1. The van der Waals surface area contributed by atoms with Crippen LogP contribution in [0.3, 0.4) is 0 Å². The summed E-state index contributed by atoms with van der Waals surface area (Å²) in [6.07, 6.45) is 18.7. The summed E-state index contributed by atoms with van der Waals surface area (Å²) in [7, 11) is -4.69. The summed E-state index contributed by atoms with van der Waals surface area (Å²) in [6, 6.07) is 17.7. The van der Waals surface area contributed by atoms with Crippen molar-refractivity contribution in [3.63, 3.8) is 0 Å². The van der Waals surface area contributed by atoms with E-state index >= 15 is 0 Å². The quantitative estimate of drug-likeness (QED) is 0.0369. The molecule has 4 aromatic rings. The first-order chi connectivity index (χ1) is 32.9. The van der Waals surface area contributed by atoms with E-state index in [1.807, 2.05) is 6.07 Å². The molecule has 4 heterocycles. The van der Waals surface area contributed by atoms with Crippen molar-refractivity contribution >= 4 is 30.8 Å².